The molecule has 4 aromatic rings. The molecule has 0 saturated heterocycles. The molecule has 34 heavy (non-hydrogen) atoms. The van der Waals surface area contributed by atoms with Gasteiger partial charge in [0.15, 0.2) is 5.15 Å². The van der Waals surface area contributed by atoms with Gasteiger partial charge in [-0.25, -0.2) is 4.98 Å². The van der Waals surface area contributed by atoms with Crippen LogP contribution in [-0.4, -0.2) is 26.0 Å². The van der Waals surface area contributed by atoms with Crippen molar-refractivity contribution in [3.05, 3.63) is 76.7 Å². The molecule has 0 saturated carbocycles. The van der Waals surface area contributed by atoms with Gasteiger partial charge in [0.1, 0.15) is 5.82 Å². The monoisotopic (exact) mass is 476 g/mol. The van der Waals surface area contributed by atoms with E-state index in [4.69, 9.17) is 16.6 Å². The minimum atomic E-state index is 0.164. The summed E-state index contributed by atoms with van der Waals surface area (Å²) >= 11 is 6.85. The zero-order valence-electron chi connectivity index (χ0n) is 21.2. The van der Waals surface area contributed by atoms with E-state index in [0.29, 0.717) is 5.15 Å². The van der Waals surface area contributed by atoms with Gasteiger partial charge >= 0.3 is 0 Å². The molecule has 0 bridgehead atoms. The predicted octanol–water partition coefficient (Wildman–Crippen LogP) is 7.84. The SMILES string of the molecule is CCCCn1c(-c2ccccc2C)nc(Cl)c1CN(Cc1ccc2[nH]ccc2c1)CC(C)(C)C. The summed E-state index contributed by atoms with van der Waals surface area (Å²) in [6.07, 6.45) is 4.23. The molecule has 0 aliphatic heterocycles. The Balaban J connectivity index is 1.70. The van der Waals surface area contributed by atoms with Crippen LogP contribution in [0.25, 0.3) is 22.3 Å². The highest BCUT2D eigenvalue weighted by Crippen LogP contribution is 2.30. The largest absolute Gasteiger partial charge is 0.361 e. The molecule has 180 valence electrons. The molecule has 4 nitrogen and oxygen atoms in total. The number of hydrogen-bond acceptors (Lipinski definition) is 2. The highest BCUT2D eigenvalue weighted by molar-refractivity contribution is 6.30. The lowest BCUT2D eigenvalue weighted by Crippen LogP contribution is -2.32. The van der Waals surface area contributed by atoms with Gasteiger partial charge in [0, 0.05) is 43.5 Å². The van der Waals surface area contributed by atoms with Crippen LogP contribution in [0.2, 0.25) is 5.15 Å². The molecular weight excluding hydrogens is 440 g/mol. The van der Waals surface area contributed by atoms with Gasteiger partial charge in [-0.1, -0.05) is 76.0 Å². The summed E-state index contributed by atoms with van der Waals surface area (Å²) in [5.74, 6) is 0.982. The number of imidazole rings is 1. The van der Waals surface area contributed by atoms with Crippen molar-refractivity contribution in [2.75, 3.05) is 6.54 Å². The normalized spacial score (nSPS) is 12.2. The Kier molecular flexibility index (Phi) is 7.49. The van der Waals surface area contributed by atoms with Crippen LogP contribution in [0.1, 0.15) is 57.4 Å². The van der Waals surface area contributed by atoms with Crippen molar-refractivity contribution in [2.45, 2.75) is 67.1 Å². The van der Waals surface area contributed by atoms with Crippen molar-refractivity contribution in [3.63, 3.8) is 0 Å². The van der Waals surface area contributed by atoms with E-state index in [-0.39, 0.29) is 5.41 Å². The molecule has 0 radical (unpaired) electrons. The maximum absolute atomic E-state index is 6.85. The van der Waals surface area contributed by atoms with E-state index in [0.717, 1.165) is 56.1 Å². The molecule has 2 aromatic heterocycles. The second-order valence-electron chi connectivity index (χ2n) is 10.6. The quantitative estimate of drug-likeness (QED) is 0.267. The van der Waals surface area contributed by atoms with E-state index in [1.54, 1.807) is 0 Å². The van der Waals surface area contributed by atoms with Gasteiger partial charge in [-0.15, -0.1) is 0 Å². The van der Waals surface area contributed by atoms with Crippen molar-refractivity contribution in [1.82, 2.24) is 19.4 Å². The van der Waals surface area contributed by atoms with E-state index in [9.17, 15) is 0 Å². The molecule has 4 rings (SSSR count). The molecule has 0 fully saturated rings. The number of aromatic nitrogens is 3. The van der Waals surface area contributed by atoms with Crippen LogP contribution in [-0.2, 0) is 19.6 Å². The van der Waals surface area contributed by atoms with Gasteiger partial charge in [-0.05, 0) is 53.5 Å². The Hall–Kier alpha value is -2.56. The highest BCUT2D eigenvalue weighted by Gasteiger charge is 2.23. The Morgan fingerprint density at radius 2 is 1.85 bits per heavy atom. The molecule has 0 aliphatic carbocycles. The predicted molar refractivity (Wildman–Crippen MR) is 144 cm³/mol. The molecular formula is C29H37ClN4. The van der Waals surface area contributed by atoms with Gasteiger partial charge in [0.2, 0.25) is 0 Å². The Morgan fingerprint density at radius 3 is 2.59 bits per heavy atom. The number of benzene rings is 2. The standard InChI is InChI=1S/C29H37ClN4/c1-6-7-16-34-26(27(30)32-28(34)24-11-9-8-10-21(24)2)19-33(20-29(3,4)5)18-22-12-13-25-23(17-22)14-15-31-25/h8-15,17,31H,6-7,16,18-20H2,1-5H3. The number of halogens is 1. The number of aryl methyl sites for hydroxylation is 1. The fraction of sp³-hybridized carbons (Fsp3) is 0.414. The fourth-order valence-electron chi connectivity index (χ4n) is 4.70. The molecule has 0 amide bonds. The first-order valence-corrected chi connectivity index (χ1v) is 12.7. The summed E-state index contributed by atoms with van der Waals surface area (Å²) in [5, 5.41) is 1.87. The van der Waals surface area contributed by atoms with Gasteiger partial charge in [-0.3, -0.25) is 4.90 Å². The van der Waals surface area contributed by atoms with E-state index in [1.165, 1.54) is 22.0 Å². The number of aromatic amines is 1. The minimum absolute atomic E-state index is 0.164. The highest BCUT2D eigenvalue weighted by atomic mass is 35.5. The van der Waals surface area contributed by atoms with Gasteiger partial charge < -0.3 is 9.55 Å². The average molecular weight is 477 g/mol. The zero-order chi connectivity index (χ0) is 24.3. The van der Waals surface area contributed by atoms with Gasteiger partial charge in [0.05, 0.1) is 5.69 Å². The first-order valence-electron chi connectivity index (χ1n) is 12.3. The summed E-state index contributed by atoms with van der Waals surface area (Å²) in [6.45, 7) is 14.8. The van der Waals surface area contributed by atoms with Crippen molar-refractivity contribution in [2.24, 2.45) is 5.41 Å². The molecule has 5 heteroatoms. The lowest BCUT2D eigenvalue weighted by Gasteiger charge is -2.30. The fourth-order valence-corrected chi connectivity index (χ4v) is 4.95. The number of hydrogen-bond donors (Lipinski definition) is 1. The van der Waals surface area contributed by atoms with Crippen molar-refractivity contribution in [1.29, 1.82) is 0 Å². The lowest BCUT2D eigenvalue weighted by atomic mass is 9.95. The lowest BCUT2D eigenvalue weighted by molar-refractivity contribution is 0.173. The van der Waals surface area contributed by atoms with E-state index < -0.39 is 0 Å². The summed E-state index contributed by atoms with van der Waals surface area (Å²) in [4.78, 5) is 10.7. The third-order valence-electron chi connectivity index (χ3n) is 6.24. The van der Waals surface area contributed by atoms with E-state index in [1.807, 2.05) is 6.20 Å². The first kappa shape index (κ1) is 24.6. The van der Waals surface area contributed by atoms with Crippen molar-refractivity contribution >= 4 is 22.5 Å². The van der Waals surface area contributed by atoms with Crippen LogP contribution in [0.15, 0.2) is 54.7 Å². The molecule has 0 aliphatic rings. The number of rotatable bonds is 9. The molecule has 0 unspecified atom stereocenters. The van der Waals surface area contributed by atoms with Crippen molar-refractivity contribution in [3.8, 4) is 11.4 Å². The second-order valence-corrected chi connectivity index (χ2v) is 11.0. The molecule has 1 N–H and O–H groups in total. The molecule has 0 spiro atoms. The van der Waals surface area contributed by atoms with Gasteiger partial charge in [0.25, 0.3) is 0 Å². The number of nitrogens with zero attached hydrogens (tertiary/aromatic N) is 3. The number of H-pyrrole nitrogens is 1. The topological polar surface area (TPSA) is 36.9 Å². The van der Waals surface area contributed by atoms with Crippen LogP contribution in [0.4, 0.5) is 0 Å². The van der Waals surface area contributed by atoms with Crippen LogP contribution in [0.5, 0.6) is 0 Å². The number of unbranched alkanes of at least 4 members (excludes halogenated alkanes) is 1. The minimum Gasteiger partial charge on any atom is -0.361 e. The Bertz CT molecular complexity index is 1240. The zero-order valence-corrected chi connectivity index (χ0v) is 21.9. The number of fused-ring (bicyclic) bond motifs is 1. The molecule has 0 atom stereocenters. The van der Waals surface area contributed by atoms with E-state index in [2.05, 4.69) is 97.6 Å². The third-order valence-corrected chi connectivity index (χ3v) is 6.54. The van der Waals surface area contributed by atoms with Crippen LogP contribution >= 0.6 is 11.6 Å². The average Bonchev–Trinajstić information content (AvgIpc) is 3.36. The second kappa shape index (κ2) is 10.4. The third kappa shape index (κ3) is 5.73. The van der Waals surface area contributed by atoms with E-state index >= 15 is 0 Å². The Labute approximate surface area is 209 Å². The first-order chi connectivity index (χ1) is 16.2. The maximum Gasteiger partial charge on any atom is 0.152 e. The summed E-state index contributed by atoms with van der Waals surface area (Å²) < 4.78 is 2.36. The van der Waals surface area contributed by atoms with Crippen LogP contribution in [0.3, 0.4) is 0 Å². The van der Waals surface area contributed by atoms with Crippen molar-refractivity contribution < 1.29 is 0 Å². The van der Waals surface area contributed by atoms with Crippen LogP contribution in [0, 0.1) is 12.3 Å². The summed E-state index contributed by atoms with van der Waals surface area (Å²) in [7, 11) is 0. The van der Waals surface area contributed by atoms with Crippen LogP contribution < -0.4 is 0 Å². The summed E-state index contributed by atoms with van der Waals surface area (Å²) in [5.41, 5.74) is 6.14. The molecule has 2 heterocycles. The maximum atomic E-state index is 6.85. The number of nitrogens with one attached hydrogen (secondary N) is 1. The smallest absolute Gasteiger partial charge is 0.152 e. The summed E-state index contributed by atoms with van der Waals surface area (Å²) in [6, 6.07) is 17.3. The molecule has 2 aromatic carbocycles. The van der Waals surface area contributed by atoms with Gasteiger partial charge in [-0.2, -0.15) is 0 Å². The Morgan fingerprint density at radius 1 is 1.06 bits per heavy atom.